The van der Waals surface area contributed by atoms with Crippen molar-refractivity contribution in [2.24, 2.45) is 0 Å². The highest BCUT2D eigenvalue weighted by molar-refractivity contribution is 5.39. The fourth-order valence-corrected chi connectivity index (χ4v) is 2.40. The molecule has 1 unspecified atom stereocenters. The van der Waals surface area contributed by atoms with Crippen molar-refractivity contribution in [1.29, 1.82) is 0 Å². The Bertz CT molecular complexity index is 660. The van der Waals surface area contributed by atoms with Crippen molar-refractivity contribution in [2.45, 2.75) is 19.1 Å². The summed E-state index contributed by atoms with van der Waals surface area (Å²) in [4.78, 5) is 4.51. The van der Waals surface area contributed by atoms with Crippen molar-refractivity contribution in [3.63, 3.8) is 0 Å². The third-order valence-electron chi connectivity index (χ3n) is 3.41. The Morgan fingerprint density at radius 1 is 1.10 bits per heavy atom. The molecule has 0 aliphatic rings. The fraction of sp³-hybridized carbons (Fsp3) is 0.235. The predicted octanol–water partition coefficient (Wildman–Crippen LogP) is 2.03. The highest BCUT2D eigenvalue weighted by Crippen LogP contribution is 2.05. The minimum atomic E-state index is -0.385. The van der Waals surface area contributed by atoms with E-state index in [4.69, 9.17) is 0 Å². The molecular weight excluding hydrogens is 262 g/mol. The van der Waals surface area contributed by atoms with Crippen molar-refractivity contribution in [2.75, 3.05) is 6.54 Å². The molecule has 0 bridgehead atoms. The van der Waals surface area contributed by atoms with Crippen LogP contribution in [0.3, 0.4) is 0 Å². The average molecular weight is 281 g/mol. The molecule has 3 rings (SSSR count). The Morgan fingerprint density at radius 3 is 2.71 bits per heavy atom. The maximum atomic E-state index is 10.0. The van der Waals surface area contributed by atoms with Gasteiger partial charge in [0.05, 0.1) is 11.8 Å². The molecule has 4 heteroatoms. The van der Waals surface area contributed by atoms with Crippen molar-refractivity contribution in [3.05, 3.63) is 72.2 Å². The van der Waals surface area contributed by atoms with Crippen LogP contribution in [0, 0.1) is 0 Å². The Hall–Kier alpha value is -2.17. The third-order valence-corrected chi connectivity index (χ3v) is 3.41. The summed E-state index contributed by atoms with van der Waals surface area (Å²) in [5, 5.41) is 13.3. The number of nitrogens with one attached hydrogen (secondary N) is 1. The summed E-state index contributed by atoms with van der Waals surface area (Å²) in [6, 6.07) is 16.0. The highest BCUT2D eigenvalue weighted by atomic mass is 16.3. The molecule has 2 aromatic heterocycles. The molecule has 4 nitrogen and oxygen atoms in total. The predicted molar refractivity (Wildman–Crippen MR) is 83.1 cm³/mol. The number of hydrogen-bond acceptors (Lipinski definition) is 3. The van der Waals surface area contributed by atoms with Crippen LogP contribution >= 0.6 is 0 Å². The van der Waals surface area contributed by atoms with Crippen LogP contribution in [0.5, 0.6) is 0 Å². The quantitative estimate of drug-likeness (QED) is 0.727. The standard InChI is InChI=1S/C17H19N3O/c21-16(10-14-6-2-1-3-7-14)12-18-11-15-13-20-9-5-4-8-17(20)19-15/h1-9,13,16,18,21H,10-12H2. The molecule has 2 N–H and O–H groups in total. The van der Waals surface area contributed by atoms with Crippen LogP contribution in [0.2, 0.25) is 0 Å². The molecule has 0 fully saturated rings. The first kappa shape index (κ1) is 13.8. The molecule has 0 amide bonds. The summed E-state index contributed by atoms with van der Waals surface area (Å²) >= 11 is 0. The van der Waals surface area contributed by atoms with E-state index in [1.165, 1.54) is 0 Å². The zero-order valence-corrected chi connectivity index (χ0v) is 11.8. The molecule has 1 atom stereocenters. The number of benzene rings is 1. The van der Waals surface area contributed by atoms with E-state index in [0.29, 0.717) is 19.5 Å². The minimum absolute atomic E-state index is 0.385. The van der Waals surface area contributed by atoms with Crippen molar-refractivity contribution in [3.8, 4) is 0 Å². The van der Waals surface area contributed by atoms with Gasteiger partial charge in [0.2, 0.25) is 0 Å². The van der Waals surface area contributed by atoms with Crippen LogP contribution < -0.4 is 5.32 Å². The summed E-state index contributed by atoms with van der Waals surface area (Å²) in [6.07, 6.45) is 4.27. The number of pyridine rings is 1. The van der Waals surface area contributed by atoms with Crippen LogP contribution in [0.1, 0.15) is 11.3 Å². The van der Waals surface area contributed by atoms with E-state index in [1.807, 2.05) is 65.3 Å². The molecule has 3 aromatic rings. The van der Waals surface area contributed by atoms with Gasteiger partial charge in [0.15, 0.2) is 0 Å². The Balaban J connectivity index is 1.49. The molecular formula is C17H19N3O. The summed E-state index contributed by atoms with van der Waals surface area (Å²) in [5.41, 5.74) is 3.08. The summed E-state index contributed by atoms with van der Waals surface area (Å²) in [7, 11) is 0. The van der Waals surface area contributed by atoms with Crippen LogP contribution in [-0.2, 0) is 13.0 Å². The van der Waals surface area contributed by atoms with Gasteiger partial charge < -0.3 is 14.8 Å². The lowest BCUT2D eigenvalue weighted by atomic mass is 10.1. The summed E-state index contributed by atoms with van der Waals surface area (Å²) in [6.45, 7) is 1.22. The van der Waals surface area contributed by atoms with Crippen molar-refractivity contribution < 1.29 is 5.11 Å². The molecule has 0 aliphatic heterocycles. The summed E-state index contributed by atoms with van der Waals surface area (Å²) in [5.74, 6) is 0. The second-order valence-corrected chi connectivity index (χ2v) is 5.17. The van der Waals surface area contributed by atoms with E-state index in [1.54, 1.807) is 0 Å². The van der Waals surface area contributed by atoms with Gasteiger partial charge >= 0.3 is 0 Å². The lowest BCUT2D eigenvalue weighted by Crippen LogP contribution is -2.28. The third kappa shape index (κ3) is 3.68. The smallest absolute Gasteiger partial charge is 0.137 e. The number of fused-ring (bicyclic) bond motifs is 1. The van der Waals surface area contributed by atoms with E-state index in [0.717, 1.165) is 16.9 Å². The zero-order valence-electron chi connectivity index (χ0n) is 11.8. The topological polar surface area (TPSA) is 49.6 Å². The largest absolute Gasteiger partial charge is 0.391 e. The maximum Gasteiger partial charge on any atom is 0.137 e. The molecule has 21 heavy (non-hydrogen) atoms. The number of imidazole rings is 1. The first-order valence-electron chi connectivity index (χ1n) is 7.16. The van der Waals surface area contributed by atoms with Crippen LogP contribution in [0.25, 0.3) is 5.65 Å². The minimum Gasteiger partial charge on any atom is -0.391 e. The van der Waals surface area contributed by atoms with Crippen molar-refractivity contribution in [1.82, 2.24) is 14.7 Å². The average Bonchev–Trinajstić information content (AvgIpc) is 2.91. The molecule has 1 aromatic carbocycles. The summed E-state index contributed by atoms with van der Waals surface area (Å²) < 4.78 is 2.00. The number of aliphatic hydroxyl groups excluding tert-OH is 1. The molecule has 2 heterocycles. The number of rotatable bonds is 6. The van der Waals surface area contributed by atoms with Gasteiger partial charge in [-0.25, -0.2) is 4.98 Å². The Kier molecular flexibility index (Phi) is 4.28. The van der Waals surface area contributed by atoms with E-state index >= 15 is 0 Å². The molecule has 0 spiro atoms. The fourth-order valence-electron chi connectivity index (χ4n) is 2.40. The van der Waals surface area contributed by atoms with Gasteiger partial charge in [0.25, 0.3) is 0 Å². The van der Waals surface area contributed by atoms with Gasteiger partial charge in [-0.3, -0.25) is 0 Å². The van der Waals surface area contributed by atoms with Gasteiger partial charge in [0.1, 0.15) is 5.65 Å². The van der Waals surface area contributed by atoms with Crippen LogP contribution in [0.15, 0.2) is 60.9 Å². The number of aliphatic hydroxyl groups is 1. The number of aromatic nitrogens is 2. The molecule has 0 saturated carbocycles. The number of nitrogens with zero attached hydrogens (tertiary/aromatic N) is 2. The van der Waals surface area contributed by atoms with Gasteiger partial charge in [-0.15, -0.1) is 0 Å². The van der Waals surface area contributed by atoms with Gasteiger partial charge in [0, 0.05) is 25.5 Å². The highest BCUT2D eigenvalue weighted by Gasteiger charge is 2.06. The van der Waals surface area contributed by atoms with Gasteiger partial charge in [-0.2, -0.15) is 0 Å². The molecule has 0 radical (unpaired) electrons. The van der Waals surface area contributed by atoms with E-state index < -0.39 is 0 Å². The van der Waals surface area contributed by atoms with Crippen LogP contribution in [-0.4, -0.2) is 27.1 Å². The first-order chi connectivity index (χ1) is 10.3. The molecule has 0 saturated heterocycles. The SMILES string of the molecule is OC(CNCc1cn2ccccc2n1)Cc1ccccc1. The van der Waals surface area contributed by atoms with Crippen LogP contribution in [0.4, 0.5) is 0 Å². The Labute approximate surface area is 124 Å². The lowest BCUT2D eigenvalue weighted by Gasteiger charge is -2.11. The molecule has 108 valence electrons. The first-order valence-corrected chi connectivity index (χ1v) is 7.16. The van der Waals surface area contributed by atoms with Crippen molar-refractivity contribution >= 4 is 5.65 Å². The second-order valence-electron chi connectivity index (χ2n) is 5.17. The number of hydrogen-bond donors (Lipinski definition) is 2. The van der Waals surface area contributed by atoms with E-state index in [-0.39, 0.29) is 6.10 Å². The maximum absolute atomic E-state index is 10.0. The van der Waals surface area contributed by atoms with Gasteiger partial charge in [-0.05, 0) is 24.1 Å². The lowest BCUT2D eigenvalue weighted by molar-refractivity contribution is 0.171. The second kappa shape index (κ2) is 6.52. The molecule has 0 aliphatic carbocycles. The normalized spacial score (nSPS) is 12.6. The monoisotopic (exact) mass is 281 g/mol. The van der Waals surface area contributed by atoms with E-state index in [9.17, 15) is 5.11 Å². The Morgan fingerprint density at radius 2 is 1.90 bits per heavy atom. The van der Waals surface area contributed by atoms with Gasteiger partial charge in [-0.1, -0.05) is 36.4 Å². The van der Waals surface area contributed by atoms with E-state index in [2.05, 4.69) is 10.3 Å². The zero-order chi connectivity index (χ0) is 14.5.